The van der Waals surface area contributed by atoms with Crippen LogP contribution in [0.4, 0.5) is 0 Å². The molecule has 10 nitrogen and oxygen atoms in total. The third kappa shape index (κ3) is 8.94. The molecular weight excluding hydrogens is 528 g/mol. The largest absolute Gasteiger partial charge is 0.346 e. The van der Waals surface area contributed by atoms with Gasteiger partial charge < -0.3 is 26.6 Å². The number of carbonyl (C=O) groups is 4. The van der Waals surface area contributed by atoms with Crippen LogP contribution in [0.15, 0.2) is 30.3 Å². The smallest absolute Gasteiger partial charge is 0.243 e. The minimum Gasteiger partial charge on any atom is -0.346 e. The highest BCUT2D eigenvalue weighted by molar-refractivity contribution is 7.97. The zero-order chi connectivity index (χ0) is 28.7. The van der Waals surface area contributed by atoms with Crippen molar-refractivity contribution in [3.05, 3.63) is 35.9 Å². The summed E-state index contributed by atoms with van der Waals surface area (Å²) in [7, 11) is 0. The lowest BCUT2D eigenvalue weighted by Crippen LogP contribution is -2.59. The van der Waals surface area contributed by atoms with Gasteiger partial charge in [-0.1, -0.05) is 56.1 Å². The number of likely N-dealkylation sites (tertiary alicyclic amines) is 1. The molecule has 3 aliphatic rings. The maximum Gasteiger partial charge on any atom is 0.243 e. The molecule has 3 fully saturated rings. The molecule has 4 rings (SSSR count). The Kier molecular flexibility index (Phi) is 10.5. The van der Waals surface area contributed by atoms with Crippen LogP contribution < -0.4 is 21.7 Å². The van der Waals surface area contributed by atoms with E-state index >= 15 is 0 Å². The molecule has 1 saturated carbocycles. The Balaban J connectivity index is 1.16. The summed E-state index contributed by atoms with van der Waals surface area (Å²) < 4.78 is 2.48. The van der Waals surface area contributed by atoms with E-state index in [2.05, 4.69) is 20.3 Å². The second kappa shape index (κ2) is 13.8. The number of hydrogen-bond acceptors (Lipinski definition) is 7. The van der Waals surface area contributed by atoms with E-state index in [0.29, 0.717) is 18.3 Å². The fraction of sp³-hybridized carbons (Fsp3) is 0.655. The molecule has 2 saturated heterocycles. The topological polar surface area (TPSA) is 137 Å². The van der Waals surface area contributed by atoms with Crippen LogP contribution in [0.1, 0.15) is 51.5 Å². The number of carbonyl (C=O) groups excluding carboxylic acids is 4. The number of hydrogen-bond donors (Lipinski definition) is 4. The highest BCUT2D eigenvalue weighted by Crippen LogP contribution is 2.47. The lowest BCUT2D eigenvalue weighted by atomic mass is 9.73. The van der Waals surface area contributed by atoms with Gasteiger partial charge in [0.1, 0.15) is 6.04 Å². The Hall–Kier alpha value is -2.63. The summed E-state index contributed by atoms with van der Waals surface area (Å²) in [6.45, 7) is 7.20. The molecule has 1 unspecified atom stereocenters. The molecule has 0 bridgehead atoms. The number of rotatable bonds is 13. The maximum atomic E-state index is 12.9. The molecule has 1 spiro atoms. The lowest BCUT2D eigenvalue weighted by Gasteiger charge is -2.53. The van der Waals surface area contributed by atoms with Crippen LogP contribution in [0, 0.1) is 11.3 Å². The number of nitrogens with one attached hydrogen (secondary N) is 3. The second-order valence-electron chi connectivity index (χ2n) is 12.0. The van der Waals surface area contributed by atoms with E-state index < -0.39 is 29.8 Å². The summed E-state index contributed by atoms with van der Waals surface area (Å²) in [4.78, 5) is 52.5. The van der Waals surface area contributed by atoms with Gasteiger partial charge in [0.05, 0.1) is 19.1 Å². The van der Waals surface area contributed by atoms with Crippen molar-refractivity contribution in [1.82, 2.24) is 25.2 Å². The average Bonchev–Trinajstić information content (AvgIpc) is 3.73. The van der Waals surface area contributed by atoms with Crippen LogP contribution >= 0.6 is 11.9 Å². The highest BCUT2D eigenvalue weighted by Gasteiger charge is 2.47. The van der Waals surface area contributed by atoms with Gasteiger partial charge in [0.2, 0.25) is 23.6 Å². The molecule has 4 amide bonds. The van der Waals surface area contributed by atoms with E-state index in [1.54, 1.807) is 0 Å². The molecule has 1 aromatic carbocycles. The molecule has 5 N–H and O–H groups in total. The van der Waals surface area contributed by atoms with Gasteiger partial charge in [0.15, 0.2) is 0 Å². The molecule has 0 radical (unpaired) electrons. The van der Waals surface area contributed by atoms with Gasteiger partial charge in [0.25, 0.3) is 0 Å². The first-order valence-electron chi connectivity index (χ1n) is 14.5. The van der Waals surface area contributed by atoms with Crippen LogP contribution in [0.2, 0.25) is 0 Å². The van der Waals surface area contributed by atoms with E-state index in [0.717, 1.165) is 49.8 Å². The third-order valence-corrected chi connectivity index (χ3v) is 9.18. The van der Waals surface area contributed by atoms with Crippen molar-refractivity contribution >= 4 is 35.6 Å². The molecule has 1 aliphatic carbocycles. The van der Waals surface area contributed by atoms with Gasteiger partial charge in [0, 0.05) is 36.8 Å². The molecule has 1 aromatic rings. The third-order valence-electron chi connectivity index (χ3n) is 7.85. The Morgan fingerprint density at radius 2 is 1.65 bits per heavy atom. The Morgan fingerprint density at radius 1 is 1.00 bits per heavy atom. The monoisotopic (exact) mass is 572 g/mol. The van der Waals surface area contributed by atoms with Crippen LogP contribution in [0.5, 0.6) is 0 Å². The Bertz CT molecular complexity index is 1030. The van der Waals surface area contributed by atoms with Gasteiger partial charge in [-0.3, -0.25) is 19.2 Å². The summed E-state index contributed by atoms with van der Waals surface area (Å²) in [5.41, 5.74) is 7.26. The average molecular weight is 573 g/mol. The van der Waals surface area contributed by atoms with Crippen molar-refractivity contribution in [2.75, 3.05) is 39.3 Å². The van der Waals surface area contributed by atoms with Gasteiger partial charge >= 0.3 is 0 Å². The van der Waals surface area contributed by atoms with Gasteiger partial charge in [-0.2, -0.15) is 0 Å². The Morgan fingerprint density at radius 3 is 2.27 bits per heavy atom. The Labute approximate surface area is 241 Å². The molecule has 0 aromatic heterocycles. The second-order valence-corrected chi connectivity index (χ2v) is 13.4. The lowest BCUT2D eigenvalue weighted by molar-refractivity contribution is -0.136. The molecule has 11 heteroatoms. The van der Waals surface area contributed by atoms with Crippen molar-refractivity contribution in [3.8, 4) is 0 Å². The molecule has 2 aliphatic heterocycles. The van der Waals surface area contributed by atoms with E-state index in [1.807, 2.05) is 61.0 Å². The van der Waals surface area contributed by atoms with Crippen molar-refractivity contribution < 1.29 is 19.2 Å². The first-order valence-corrected chi connectivity index (χ1v) is 15.3. The van der Waals surface area contributed by atoms with Crippen LogP contribution in [0.25, 0.3) is 0 Å². The van der Waals surface area contributed by atoms with Crippen LogP contribution in [0.3, 0.4) is 0 Å². The number of nitrogens with two attached hydrogens (primary N) is 1. The molecule has 220 valence electrons. The van der Waals surface area contributed by atoms with Crippen LogP contribution in [-0.2, 0) is 25.6 Å². The zero-order valence-corrected chi connectivity index (χ0v) is 24.5. The quantitative estimate of drug-likeness (QED) is 0.260. The summed E-state index contributed by atoms with van der Waals surface area (Å²) in [6, 6.07) is 7.82. The van der Waals surface area contributed by atoms with Crippen molar-refractivity contribution in [2.24, 2.45) is 17.1 Å². The summed E-state index contributed by atoms with van der Waals surface area (Å²) >= 11 is 2.00. The van der Waals surface area contributed by atoms with Crippen molar-refractivity contribution in [2.45, 2.75) is 69.7 Å². The fourth-order valence-electron chi connectivity index (χ4n) is 5.31. The van der Waals surface area contributed by atoms with Gasteiger partial charge in [-0.05, 0) is 50.0 Å². The highest BCUT2D eigenvalue weighted by atomic mass is 32.2. The van der Waals surface area contributed by atoms with E-state index in [4.69, 9.17) is 5.73 Å². The number of amides is 4. The SMILES string of the molecule is CC(C)C[C@@H](NC(=O)CNC(=O)C(N)Cc1ccccc1)C(=O)NCC(=O)N1CCC2(CC1)CN(SC1CC1)C2. The predicted molar refractivity (Wildman–Crippen MR) is 156 cm³/mol. The van der Waals surface area contributed by atoms with Gasteiger partial charge in [-0.25, -0.2) is 4.31 Å². The number of nitrogens with zero attached hydrogens (tertiary/aromatic N) is 2. The van der Waals surface area contributed by atoms with E-state index in [-0.39, 0.29) is 24.9 Å². The molecular formula is C29H44N6O4S. The first-order chi connectivity index (χ1) is 19.1. The maximum absolute atomic E-state index is 12.9. The van der Waals surface area contributed by atoms with Crippen molar-refractivity contribution in [1.29, 1.82) is 0 Å². The van der Waals surface area contributed by atoms with Crippen LogP contribution in [-0.4, -0.2) is 89.4 Å². The first kappa shape index (κ1) is 30.3. The standard InChI is InChI=1S/C29H44N6O4S/c1-20(2)14-24(33-25(36)16-31-27(38)23(30)15-21-6-4-3-5-7-21)28(39)32-17-26(37)34-12-10-29(11-13-34)18-35(19-29)40-22-8-9-22/h3-7,20,22-24H,8-19,30H2,1-2H3,(H,31,38)(H,32,39)(H,33,36)/t23?,24-/m1/s1. The zero-order valence-electron chi connectivity index (χ0n) is 23.7. The summed E-state index contributed by atoms with van der Waals surface area (Å²) in [5, 5.41) is 8.81. The molecule has 40 heavy (non-hydrogen) atoms. The van der Waals surface area contributed by atoms with Crippen molar-refractivity contribution in [3.63, 3.8) is 0 Å². The number of piperidine rings is 1. The van der Waals surface area contributed by atoms with E-state index in [9.17, 15) is 19.2 Å². The minimum atomic E-state index is -0.801. The molecule has 2 heterocycles. The molecule has 2 atom stereocenters. The summed E-state index contributed by atoms with van der Waals surface area (Å²) in [6.07, 6.45) is 5.45. The minimum absolute atomic E-state index is 0.0922. The normalized spacial score (nSPS) is 19.9. The number of benzene rings is 1. The summed E-state index contributed by atoms with van der Waals surface area (Å²) in [5.74, 6) is -1.28. The van der Waals surface area contributed by atoms with E-state index in [1.165, 1.54) is 12.8 Å². The fourth-order valence-corrected chi connectivity index (χ4v) is 6.78. The van der Waals surface area contributed by atoms with Gasteiger partial charge in [-0.15, -0.1) is 0 Å². The predicted octanol–water partition coefficient (Wildman–Crippen LogP) is 1.05.